The van der Waals surface area contributed by atoms with Crippen LogP contribution in [0.25, 0.3) is 0 Å². The molecule has 0 saturated heterocycles. The second-order valence-electron chi connectivity index (χ2n) is 1.81. The summed E-state index contributed by atoms with van der Waals surface area (Å²) in [6.45, 7) is 10.1. The zero-order valence-electron chi connectivity index (χ0n) is 9.26. The molecule has 0 radical (unpaired) electrons. The summed E-state index contributed by atoms with van der Waals surface area (Å²) in [7, 11) is 2.01. The lowest BCUT2D eigenvalue weighted by Crippen LogP contribution is -1.92. The van der Waals surface area contributed by atoms with Crippen LogP contribution in [-0.4, -0.2) is 9.55 Å². The van der Waals surface area contributed by atoms with Gasteiger partial charge in [-0.1, -0.05) is 34.6 Å². The fraction of sp³-hybridized carbons (Fsp3) is 0.700. The van der Waals surface area contributed by atoms with Crippen LogP contribution < -0.4 is 0 Å². The minimum atomic E-state index is 1.02. The second kappa shape index (κ2) is 10.2. The Labute approximate surface area is 76.6 Å². The predicted molar refractivity (Wildman–Crippen MR) is 55.3 cm³/mol. The molecule has 0 N–H and O–H groups in total. The van der Waals surface area contributed by atoms with Crippen molar-refractivity contribution >= 4 is 0 Å². The summed E-state index contributed by atoms with van der Waals surface area (Å²) in [6.07, 6.45) is 4.79. The Morgan fingerprint density at radius 1 is 1.25 bits per heavy atom. The van der Waals surface area contributed by atoms with Crippen molar-refractivity contribution in [2.75, 3.05) is 0 Å². The highest BCUT2D eigenvalue weighted by Gasteiger charge is 1.90. The predicted octanol–water partition coefficient (Wildman–Crippen LogP) is 3.03. The summed E-state index contributed by atoms with van der Waals surface area (Å²) in [4.78, 5) is 4.10. The molecule has 2 heteroatoms. The van der Waals surface area contributed by atoms with Gasteiger partial charge >= 0.3 is 0 Å². The minimum absolute atomic E-state index is 1.02. The van der Waals surface area contributed by atoms with Gasteiger partial charge in [0.05, 0.1) is 0 Å². The summed E-state index contributed by atoms with van der Waals surface area (Å²) in [5.41, 5.74) is 0. The van der Waals surface area contributed by atoms with Gasteiger partial charge in [-0.3, -0.25) is 0 Å². The second-order valence-corrected chi connectivity index (χ2v) is 1.81. The first-order valence-electron chi connectivity index (χ1n) is 4.80. The van der Waals surface area contributed by atoms with Crippen LogP contribution >= 0.6 is 0 Å². The number of aromatic nitrogens is 2. The van der Waals surface area contributed by atoms with Crippen LogP contribution in [0, 0.1) is 0 Å². The zero-order valence-corrected chi connectivity index (χ0v) is 9.26. The lowest BCUT2D eigenvalue weighted by molar-refractivity contribution is 0.808. The number of nitrogens with zero attached hydrogens (tertiary/aromatic N) is 2. The molecular weight excluding hydrogens is 148 g/mol. The van der Waals surface area contributed by atoms with Crippen molar-refractivity contribution in [1.82, 2.24) is 9.55 Å². The van der Waals surface area contributed by atoms with E-state index in [9.17, 15) is 0 Å². The van der Waals surface area contributed by atoms with Crippen LogP contribution in [0.1, 0.15) is 40.4 Å². The molecule has 0 aliphatic carbocycles. The van der Waals surface area contributed by atoms with Crippen molar-refractivity contribution < 1.29 is 0 Å². The molecule has 0 unspecified atom stereocenters. The van der Waals surface area contributed by atoms with Crippen molar-refractivity contribution in [1.29, 1.82) is 0 Å². The van der Waals surface area contributed by atoms with Gasteiger partial charge in [0.2, 0.25) is 0 Å². The quantitative estimate of drug-likeness (QED) is 0.633. The monoisotopic (exact) mass is 170 g/mol. The van der Waals surface area contributed by atoms with Gasteiger partial charge in [0, 0.05) is 25.9 Å². The summed E-state index contributed by atoms with van der Waals surface area (Å²) in [6, 6.07) is 0. The molecule has 2 nitrogen and oxygen atoms in total. The van der Waals surface area contributed by atoms with Crippen molar-refractivity contribution in [2.45, 2.75) is 41.0 Å². The molecule has 1 aromatic heterocycles. The van der Waals surface area contributed by atoms with Gasteiger partial charge in [0.1, 0.15) is 5.82 Å². The molecule has 0 amide bonds. The molecule has 1 heterocycles. The summed E-state index contributed by atoms with van der Waals surface area (Å²) < 4.78 is 2.03. The smallest absolute Gasteiger partial charge is 0.108 e. The summed E-state index contributed by atoms with van der Waals surface area (Å²) >= 11 is 0. The van der Waals surface area contributed by atoms with E-state index in [4.69, 9.17) is 0 Å². The summed E-state index contributed by atoms with van der Waals surface area (Å²) in [5.74, 6) is 1.14. The van der Waals surface area contributed by atoms with E-state index in [1.54, 1.807) is 0 Å². The first-order chi connectivity index (χ1) is 5.84. The van der Waals surface area contributed by atoms with Crippen molar-refractivity contribution in [3.8, 4) is 0 Å². The molecule has 0 spiro atoms. The lowest BCUT2D eigenvalue weighted by Gasteiger charge is -1.92. The van der Waals surface area contributed by atoms with Gasteiger partial charge < -0.3 is 4.57 Å². The number of aryl methyl sites for hydroxylation is 2. The Hall–Kier alpha value is -0.790. The number of imidazole rings is 1. The molecule has 0 saturated carbocycles. The van der Waals surface area contributed by atoms with Crippen molar-refractivity contribution in [2.24, 2.45) is 7.05 Å². The van der Waals surface area contributed by atoms with Crippen LogP contribution in [0.2, 0.25) is 0 Å². The van der Waals surface area contributed by atoms with Crippen LogP contribution in [0.15, 0.2) is 12.4 Å². The number of hydrogen-bond acceptors (Lipinski definition) is 1. The minimum Gasteiger partial charge on any atom is -0.338 e. The van der Waals surface area contributed by atoms with Crippen LogP contribution in [0.5, 0.6) is 0 Å². The van der Waals surface area contributed by atoms with E-state index in [0.29, 0.717) is 0 Å². The average Bonchev–Trinajstić information content (AvgIpc) is 2.58. The molecule has 0 bridgehead atoms. The van der Waals surface area contributed by atoms with E-state index in [1.165, 1.54) is 0 Å². The Bertz CT molecular complexity index is 168. The molecule has 1 rings (SSSR count). The third-order valence-electron chi connectivity index (χ3n) is 1.24. The zero-order chi connectivity index (χ0) is 9.98. The van der Waals surface area contributed by atoms with E-state index < -0.39 is 0 Å². The highest BCUT2D eigenvalue weighted by Crippen LogP contribution is 1.92. The highest BCUT2D eigenvalue weighted by atomic mass is 15.0. The number of rotatable bonds is 1. The topological polar surface area (TPSA) is 17.8 Å². The van der Waals surface area contributed by atoms with Gasteiger partial charge in [0.15, 0.2) is 0 Å². The van der Waals surface area contributed by atoms with E-state index in [-0.39, 0.29) is 0 Å². The normalized spacial score (nSPS) is 7.50. The maximum Gasteiger partial charge on any atom is 0.108 e. The fourth-order valence-electron chi connectivity index (χ4n) is 0.737. The Kier molecular flexibility index (Phi) is 11.7. The first kappa shape index (κ1) is 13.8. The SMILES string of the molecule is CC.CC.CCc1nccn1C. The molecule has 0 fully saturated rings. The molecule has 72 valence electrons. The Morgan fingerprint density at radius 3 is 1.92 bits per heavy atom. The maximum atomic E-state index is 4.10. The fourth-order valence-corrected chi connectivity index (χ4v) is 0.737. The number of hydrogen-bond donors (Lipinski definition) is 0. The van der Waals surface area contributed by atoms with Gasteiger partial charge in [-0.25, -0.2) is 4.98 Å². The van der Waals surface area contributed by atoms with Gasteiger partial charge in [0.25, 0.3) is 0 Å². The van der Waals surface area contributed by atoms with Crippen molar-refractivity contribution in [3.63, 3.8) is 0 Å². The molecule has 0 aliphatic heterocycles. The molecule has 0 atom stereocenters. The first-order valence-corrected chi connectivity index (χ1v) is 4.80. The maximum absolute atomic E-state index is 4.10. The van der Waals surface area contributed by atoms with E-state index in [2.05, 4.69) is 11.9 Å². The molecule has 1 aromatic rings. The van der Waals surface area contributed by atoms with Gasteiger partial charge in [-0.2, -0.15) is 0 Å². The van der Waals surface area contributed by atoms with Crippen LogP contribution in [0.4, 0.5) is 0 Å². The van der Waals surface area contributed by atoms with Crippen LogP contribution in [0.3, 0.4) is 0 Å². The Balaban J connectivity index is 0. The molecule has 12 heavy (non-hydrogen) atoms. The van der Waals surface area contributed by atoms with E-state index in [1.807, 2.05) is 51.7 Å². The van der Waals surface area contributed by atoms with Crippen molar-refractivity contribution in [3.05, 3.63) is 18.2 Å². The third kappa shape index (κ3) is 4.94. The van der Waals surface area contributed by atoms with Crippen LogP contribution in [-0.2, 0) is 13.5 Å². The third-order valence-corrected chi connectivity index (χ3v) is 1.24. The van der Waals surface area contributed by atoms with Gasteiger partial charge in [-0.05, 0) is 0 Å². The molecule has 0 aliphatic rings. The Morgan fingerprint density at radius 2 is 1.75 bits per heavy atom. The van der Waals surface area contributed by atoms with E-state index in [0.717, 1.165) is 12.2 Å². The largest absolute Gasteiger partial charge is 0.338 e. The molecule has 0 aromatic carbocycles. The average molecular weight is 170 g/mol. The summed E-state index contributed by atoms with van der Waals surface area (Å²) in [5, 5.41) is 0. The standard InChI is InChI=1S/C6H10N2.2C2H6/c1-3-6-7-4-5-8(6)2;2*1-2/h4-5H,3H2,1-2H3;2*1-2H3. The molecular formula is C10H22N2. The highest BCUT2D eigenvalue weighted by molar-refractivity contribution is 4.89. The van der Waals surface area contributed by atoms with Gasteiger partial charge in [-0.15, -0.1) is 0 Å². The van der Waals surface area contributed by atoms with E-state index >= 15 is 0 Å². The lowest BCUT2D eigenvalue weighted by atomic mass is 10.5.